The first kappa shape index (κ1) is 14.5. The smallest absolute Gasteiger partial charge is 0.258 e. The SMILES string of the molecule is O=C(Nc1c(Br)cc(Cl)cc1Br)c1ccccc1F. The van der Waals surface area contributed by atoms with E-state index in [2.05, 4.69) is 37.2 Å². The summed E-state index contributed by atoms with van der Waals surface area (Å²) < 4.78 is 14.7. The minimum absolute atomic E-state index is 0.0174. The minimum Gasteiger partial charge on any atom is -0.320 e. The number of anilines is 1. The number of amides is 1. The molecule has 0 unspecified atom stereocenters. The molecule has 0 atom stereocenters. The maximum atomic E-state index is 13.5. The monoisotopic (exact) mass is 405 g/mol. The summed E-state index contributed by atoms with van der Waals surface area (Å²) in [5.41, 5.74) is 0.480. The Morgan fingerprint density at radius 1 is 1.16 bits per heavy atom. The molecule has 0 aromatic heterocycles. The third kappa shape index (κ3) is 3.35. The second-order valence-corrected chi connectivity index (χ2v) is 5.82. The van der Waals surface area contributed by atoms with E-state index in [1.54, 1.807) is 18.2 Å². The average Bonchev–Trinajstić information content (AvgIpc) is 2.34. The molecule has 19 heavy (non-hydrogen) atoms. The van der Waals surface area contributed by atoms with Crippen LogP contribution in [0.1, 0.15) is 10.4 Å². The van der Waals surface area contributed by atoms with Crippen LogP contribution >= 0.6 is 43.5 Å². The van der Waals surface area contributed by atoms with Crippen LogP contribution < -0.4 is 5.32 Å². The molecule has 98 valence electrons. The summed E-state index contributed by atoms with van der Waals surface area (Å²) >= 11 is 12.5. The highest BCUT2D eigenvalue weighted by Gasteiger charge is 2.14. The first-order valence-electron chi connectivity index (χ1n) is 5.19. The zero-order chi connectivity index (χ0) is 14.0. The topological polar surface area (TPSA) is 29.1 Å². The molecule has 0 aliphatic heterocycles. The van der Waals surface area contributed by atoms with Gasteiger partial charge in [-0.3, -0.25) is 4.79 Å². The molecule has 2 aromatic carbocycles. The van der Waals surface area contributed by atoms with Crippen molar-refractivity contribution in [1.82, 2.24) is 0 Å². The van der Waals surface area contributed by atoms with Crippen molar-refractivity contribution in [3.05, 3.63) is 61.7 Å². The quantitative estimate of drug-likeness (QED) is 0.723. The van der Waals surface area contributed by atoms with Crippen molar-refractivity contribution in [2.75, 3.05) is 5.32 Å². The van der Waals surface area contributed by atoms with Crippen LogP contribution in [0, 0.1) is 5.82 Å². The van der Waals surface area contributed by atoms with E-state index in [-0.39, 0.29) is 5.56 Å². The standard InChI is InChI=1S/C13H7Br2ClFNO/c14-9-5-7(16)6-10(15)12(9)18-13(19)8-3-1-2-4-11(8)17/h1-6H,(H,18,19). The molecule has 1 amide bonds. The van der Waals surface area contributed by atoms with Crippen molar-refractivity contribution in [3.8, 4) is 0 Å². The summed E-state index contributed by atoms with van der Waals surface area (Å²) in [6.45, 7) is 0. The number of hydrogen-bond donors (Lipinski definition) is 1. The number of carbonyl (C=O) groups is 1. The van der Waals surface area contributed by atoms with Crippen molar-refractivity contribution in [3.63, 3.8) is 0 Å². The molecule has 2 aromatic rings. The van der Waals surface area contributed by atoms with Gasteiger partial charge in [0.15, 0.2) is 0 Å². The molecule has 1 N–H and O–H groups in total. The molecule has 0 aliphatic rings. The summed E-state index contributed by atoms with van der Waals surface area (Å²) in [7, 11) is 0. The van der Waals surface area contributed by atoms with Crippen LogP contribution in [0.5, 0.6) is 0 Å². The van der Waals surface area contributed by atoms with E-state index < -0.39 is 11.7 Å². The third-order valence-corrected chi connectivity index (χ3v) is 3.83. The van der Waals surface area contributed by atoms with Gasteiger partial charge >= 0.3 is 0 Å². The number of hydrogen-bond acceptors (Lipinski definition) is 1. The highest BCUT2D eigenvalue weighted by molar-refractivity contribution is 9.11. The van der Waals surface area contributed by atoms with Crippen LogP contribution in [0.15, 0.2) is 45.3 Å². The Morgan fingerprint density at radius 2 is 1.74 bits per heavy atom. The Bertz CT molecular complexity index is 625. The van der Waals surface area contributed by atoms with Gasteiger partial charge in [-0.25, -0.2) is 4.39 Å². The Morgan fingerprint density at radius 3 is 2.32 bits per heavy atom. The summed E-state index contributed by atoms with van der Waals surface area (Å²) in [4.78, 5) is 12.0. The molecule has 0 saturated heterocycles. The summed E-state index contributed by atoms with van der Waals surface area (Å²) in [6, 6.07) is 9.07. The Balaban J connectivity index is 2.32. The van der Waals surface area contributed by atoms with Gasteiger partial charge < -0.3 is 5.32 Å². The molecule has 0 aliphatic carbocycles. The molecule has 0 fully saturated rings. The Labute approximate surface area is 131 Å². The molecule has 0 radical (unpaired) electrons. The maximum Gasteiger partial charge on any atom is 0.258 e. The first-order chi connectivity index (χ1) is 8.99. The summed E-state index contributed by atoms with van der Waals surface area (Å²) in [5.74, 6) is -1.09. The van der Waals surface area contributed by atoms with Crippen molar-refractivity contribution in [2.24, 2.45) is 0 Å². The number of nitrogens with one attached hydrogen (secondary N) is 1. The van der Waals surface area contributed by atoms with Gasteiger partial charge in [-0.05, 0) is 56.1 Å². The van der Waals surface area contributed by atoms with E-state index in [0.29, 0.717) is 19.7 Å². The molecule has 0 spiro atoms. The van der Waals surface area contributed by atoms with Gasteiger partial charge in [-0.2, -0.15) is 0 Å². The predicted octanol–water partition coefficient (Wildman–Crippen LogP) is 5.26. The normalized spacial score (nSPS) is 10.3. The van der Waals surface area contributed by atoms with Crippen LogP contribution in [-0.4, -0.2) is 5.91 Å². The highest BCUT2D eigenvalue weighted by atomic mass is 79.9. The molecule has 2 rings (SSSR count). The predicted molar refractivity (Wildman–Crippen MR) is 81.2 cm³/mol. The minimum atomic E-state index is -0.568. The van der Waals surface area contributed by atoms with Crippen molar-refractivity contribution in [2.45, 2.75) is 0 Å². The lowest BCUT2D eigenvalue weighted by Gasteiger charge is -2.10. The Hall–Kier alpha value is -0.910. The van der Waals surface area contributed by atoms with E-state index in [1.807, 2.05) is 0 Å². The van der Waals surface area contributed by atoms with E-state index in [0.717, 1.165) is 0 Å². The molecular weight excluding hydrogens is 400 g/mol. The van der Waals surface area contributed by atoms with Gasteiger partial charge in [-0.15, -0.1) is 0 Å². The van der Waals surface area contributed by atoms with Gasteiger partial charge in [0.05, 0.1) is 11.3 Å². The molecule has 6 heteroatoms. The molecule has 0 bridgehead atoms. The largest absolute Gasteiger partial charge is 0.320 e. The third-order valence-electron chi connectivity index (χ3n) is 2.36. The lowest BCUT2D eigenvalue weighted by molar-refractivity contribution is 0.102. The fourth-order valence-corrected chi connectivity index (χ4v) is 3.35. The van der Waals surface area contributed by atoms with Crippen LogP contribution in [-0.2, 0) is 0 Å². The number of halogens is 4. The van der Waals surface area contributed by atoms with Crippen LogP contribution in [0.4, 0.5) is 10.1 Å². The summed E-state index contributed by atoms with van der Waals surface area (Å²) in [5, 5.41) is 3.15. The van der Waals surface area contributed by atoms with Crippen LogP contribution in [0.25, 0.3) is 0 Å². The Kier molecular flexibility index (Phi) is 4.60. The van der Waals surface area contributed by atoms with Gasteiger partial charge in [0.25, 0.3) is 5.91 Å². The van der Waals surface area contributed by atoms with Crippen molar-refractivity contribution >= 4 is 55.1 Å². The van der Waals surface area contributed by atoms with Gasteiger partial charge in [0.2, 0.25) is 0 Å². The van der Waals surface area contributed by atoms with Crippen molar-refractivity contribution < 1.29 is 9.18 Å². The molecular formula is C13H7Br2ClFNO. The fraction of sp³-hybridized carbons (Fsp3) is 0. The fourth-order valence-electron chi connectivity index (χ4n) is 1.49. The van der Waals surface area contributed by atoms with Crippen LogP contribution in [0.3, 0.4) is 0 Å². The number of rotatable bonds is 2. The zero-order valence-electron chi connectivity index (χ0n) is 9.38. The second kappa shape index (κ2) is 6.03. The average molecular weight is 407 g/mol. The van der Waals surface area contributed by atoms with Crippen LogP contribution in [0.2, 0.25) is 5.02 Å². The molecule has 0 saturated carbocycles. The second-order valence-electron chi connectivity index (χ2n) is 3.68. The van der Waals surface area contributed by atoms with E-state index >= 15 is 0 Å². The molecule has 0 heterocycles. The number of benzene rings is 2. The first-order valence-corrected chi connectivity index (χ1v) is 7.16. The molecule has 2 nitrogen and oxygen atoms in total. The van der Waals surface area contributed by atoms with E-state index in [9.17, 15) is 9.18 Å². The lowest BCUT2D eigenvalue weighted by atomic mass is 10.2. The lowest BCUT2D eigenvalue weighted by Crippen LogP contribution is -2.14. The van der Waals surface area contributed by atoms with E-state index in [1.165, 1.54) is 18.2 Å². The summed E-state index contributed by atoms with van der Waals surface area (Å²) in [6.07, 6.45) is 0. The maximum absolute atomic E-state index is 13.5. The van der Waals surface area contributed by atoms with Gasteiger partial charge in [0, 0.05) is 14.0 Å². The number of carbonyl (C=O) groups excluding carboxylic acids is 1. The van der Waals surface area contributed by atoms with Gasteiger partial charge in [0.1, 0.15) is 5.82 Å². The highest BCUT2D eigenvalue weighted by Crippen LogP contribution is 2.34. The van der Waals surface area contributed by atoms with Crippen molar-refractivity contribution in [1.29, 1.82) is 0 Å². The van der Waals surface area contributed by atoms with Gasteiger partial charge in [-0.1, -0.05) is 23.7 Å². The van der Waals surface area contributed by atoms with E-state index in [4.69, 9.17) is 11.6 Å². The zero-order valence-corrected chi connectivity index (χ0v) is 13.3.